The number of nitrogens with zero attached hydrogens (tertiary/aromatic N) is 1. The van der Waals surface area contributed by atoms with Crippen LogP contribution in [-0.2, 0) is 17.9 Å². The summed E-state index contributed by atoms with van der Waals surface area (Å²) in [6.45, 7) is 7.32. The van der Waals surface area contributed by atoms with E-state index in [9.17, 15) is 4.79 Å². The van der Waals surface area contributed by atoms with Crippen LogP contribution in [0.25, 0.3) is 4.85 Å². The molecule has 2 rings (SSSR count). The lowest BCUT2D eigenvalue weighted by Gasteiger charge is -2.06. The molecule has 0 unspecified atom stereocenters. The van der Waals surface area contributed by atoms with E-state index in [1.807, 2.05) is 36.4 Å². The molecule has 0 bridgehead atoms. The van der Waals surface area contributed by atoms with E-state index in [4.69, 9.17) is 11.3 Å². The molecule has 2 aromatic rings. The monoisotopic (exact) mass is 251 g/mol. The molecule has 0 amide bonds. The number of hydrogen-bond acceptors (Lipinski definition) is 2. The summed E-state index contributed by atoms with van der Waals surface area (Å²) in [7, 11) is 0. The van der Waals surface area contributed by atoms with E-state index >= 15 is 0 Å². The zero-order chi connectivity index (χ0) is 13.5. The van der Waals surface area contributed by atoms with Gasteiger partial charge in [0, 0.05) is 5.56 Å². The Bertz CT molecular complexity index is 600. The fraction of sp³-hybridized carbons (Fsp3) is 0.125. The Kier molecular flexibility index (Phi) is 4.30. The molecule has 0 aliphatic heterocycles. The first-order valence-electron chi connectivity index (χ1n) is 5.93. The molecule has 3 heteroatoms. The summed E-state index contributed by atoms with van der Waals surface area (Å²) in [4.78, 5) is 15.3. The Balaban J connectivity index is 2.06. The summed E-state index contributed by atoms with van der Waals surface area (Å²) in [5, 5.41) is 0. The average molecular weight is 251 g/mol. The highest BCUT2D eigenvalue weighted by Crippen LogP contribution is 2.13. The predicted octanol–water partition coefficient (Wildman–Crippen LogP) is 3.46. The largest absolute Gasteiger partial charge is 0.457 e. The van der Waals surface area contributed by atoms with Crippen molar-refractivity contribution in [1.82, 2.24) is 0 Å². The van der Waals surface area contributed by atoms with Crippen LogP contribution in [0.3, 0.4) is 0 Å². The minimum Gasteiger partial charge on any atom is -0.457 e. The van der Waals surface area contributed by atoms with Gasteiger partial charge in [-0.15, -0.1) is 0 Å². The number of carbonyl (C=O) groups is 1. The predicted molar refractivity (Wildman–Crippen MR) is 72.3 cm³/mol. The van der Waals surface area contributed by atoms with E-state index < -0.39 is 0 Å². The Labute approximate surface area is 112 Å². The van der Waals surface area contributed by atoms with Gasteiger partial charge in [-0.25, -0.2) is 11.4 Å². The smallest absolute Gasteiger partial charge is 0.339 e. The van der Waals surface area contributed by atoms with Crippen molar-refractivity contribution in [2.24, 2.45) is 0 Å². The molecule has 0 heterocycles. The van der Waals surface area contributed by atoms with E-state index in [2.05, 4.69) is 4.85 Å². The van der Waals surface area contributed by atoms with Crippen LogP contribution >= 0.6 is 0 Å². The number of carbonyl (C=O) groups excluding carboxylic acids is 1. The second-order valence-corrected chi connectivity index (χ2v) is 4.04. The fourth-order valence-electron chi connectivity index (χ4n) is 1.74. The third-order valence-electron chi connectivity index (χ3n) is 2.70. The molecule has 0 fully saturated rings. The van der Waals surface area contributed by atoms with Crippen LogP contribution in [0.1, 0.15) is 21.5 Å². The standard InChI is InChI=1S/C16H13NO2/c1-17-11-14-9-5-6-10-15(14)16(18)19-12-13-7-3-2-4-8-13/h2-10H,11-12H2. The number of esters is 1. The van der Waals surface area contributed by atoms with Gasteiger partial charge in [0.1, 0.15) is 6.61 Å². The van der Waals surface area contributed by atoms with Gasteiger partial charge >= 0.3 is 5.97 Å². The van der Waals surface area contributed by atoms with Gasteiger partial charge in [0.15, 0.2) is 0 Å². The molecule has 0 atom stereocenters. The van der Waals surface area contributed by atoms with Gasteiger partial charge in [0.25, 0.3) is 0 Å². The summed E-state index contributed by atoms with van der Waals surface area (Å²) in [5.74, 6) is -0.386. The van der Waals surface area contributed by atoms with Crippen LogP contribution in [0.5, 0.6) is 0 Å². The van der Waals surface area contributed by atoms with Crippen molar-refractivity contribution >= 4 is 5.97 Å². The molecule has 0 radical (unpaired) electrons. The molecule has 0 aliphatic carbocycles. The molecule has 19 heavy (non-hydrogen) atoms. The SMILES string of the molecule is [C-]#[N+]Cc1ccccc1C(=O)OCc1ccccc1. The third kappa shape index (κ3) is 3.43. The zero-order valence-corrected chi connectivity index (χ0v) is 10.4. The van der Waals surface area contributed by atoms with Gasteiger partial charge in [-0.3, -0.25) is 0 Å². The van der Waals surface area contributed by atoms with Crippen LogP contribution in [0.2, 0.25) is 0 Å². The Morgan fingerprint density at radius 3 is 2.47 bits per heavy atom. The van der Waals surface area contributed by atoms with Crippen molar-refractivity contribution in [3.63, 3.8) is 0 Å². The van der Waals surface area contributed by atoms with Crippen molar-refractivity contribution in [1.29, 1.82) is 0 Å². The van der Waals surface area contributed by atoms with E-state index in [0.29, 0.717) is 11.1 Å². The third-order valence-corrected chi connectivity index (χ3v) is 2.70. The van der Waals surface area contributed by atoms with Crippen molar-refractivity contribution in [2.75, 3.05) is 0 Å². The van der Waals surface area contributed by atoms with Crippen molar-refractivity contribution in [3.8, 4) is 0 Å². The van der Waals surface area contributed by atoms with Gasteiger partial charge in [-0.2, -0.15) is 0 Å². The molecule has 0 saturated heterocycles. The first-order valence-corrected chi connectivity index (χ1v) is 5.93. The summed E-state index contributed by atoms with van der Waals surface area (Å²) in [6.07, 6.45) is 0. The maximum absolute atomic E-state index is 12.0. The second kappa shape index (κ2) is 6.36. The van der Waals surface area contributed by atoms with E-state index in [0.717, 1.165) is 5.56 Å². The van der Waals surface area contributed by atoms with Crippen LogP contribution in [0.4, 0.5) is 0 Å². The maximum atomic E-state index is 12.0. The van der Waals surface area contributed by atoms with Gasteiger partial charge in [-0.1, -0.05) is 48.5 Å². The summed E-state index contributed by atoms with van der Waals surface area (Å²) >= 11 is 0. The minimum absolute atomic E-state index is 0.191. The van der Waals surface area contributed by atoms with E-state index in [1.165, 1.54) is 0 Å². The Hall–Kier alpha value is -2.60. The summed E-state index contributed by atoms with van der Waals surface area (Å²) in [5.41, 5.74) is 2.11. The van der Waals surface area contributed by atoms with Crippen molar-refractivity contribution < 1.29 is 9.53 Å². The molecule has 94 valence electrons. The number of benzene rings is 2. The lowest BCUT2D eigenvalue weighted by atomic mass is 10.1. The summed E-state index contributed by atoms with van der Waals surface area (Å²) < 4.78 is 5.26. The number of ether oxygens (including phenoxy) is 1. The van der Waals surface area contributed by atoms with Crippen LogP contribution in [0, 0.1) is 6.57 Å². The molecule has 3 nitrogen and oxygen atoms in total. The lowest BCUT2D eigenvalue weighted by Crippen LogP contribution is -2.08. The number of rotatable bonds is 4. The van der Waals surface area contributed by atoms with Gasteiger partial charge in [-0.05, 0) is 11.6 Å². The lowest BCUT2D eigenvalue weighted by molar-refractivity contribution is 0.0471. The van der Waals surface area contributed by atoms with Crippen molar-refractivity contribution in [2.45, 2.75) is 13.2 Å². The zero-order valence-electron chi connectivity index (χ0n) is 10.4. The fourth-order valence-corrected chi connectivity index (χ4v) is 1.74. The molecule has 2 aromatic carbocycles. The molecule has 0 spiro atoms. The Morgan fingerprint density at radius 2 is 1.74 bits per heavy atom. The highest BCUT2D eigenvalue weighted by Gasteiger charge is 2.13. The first kappa shape index (κ1) is 12.8. The Morgan fingerprint density at radius 1 is 1.05 bits per heavy atom. The molecule has 0 N–H and O–H groups in total. The second-order valence-electron chi connectivity index (χ2n) is 4.04. The molecule has 0 aromatic heterocycles. The number of hydrogen-bond donors (Lipinski definition) is 0. The summed E-state index contributed by atoms with van der Waals surface area (Å²) in [6, 6.07) is 16.6. The highest BCUT2D eigenvalue weighted by molar-refractivity contribution is 5.91. The van der Waals surface area contributed by atoms with Crippen molar-refractivity contribution in [3.05, 3.63) is 82.7 Å². The minimum atomic E-state index is -0.386. The van der Waals surface area contributed by atoms with Gasteiger partial charge < -0.3 is 9.58 Å². The van der Waals surface area contributed by atoms with Gasteiger partial charge in [0.2, 0.25) is 6.54 Å². The van der Waals surface area contributed by atoms with Crippen LogP contribution in [0.15, 0.2) is 54.6 Å². The molecular weight excluding hydrogens is 238 g/mol. The van der Waals surface area contributed by atoms with E-state index in [1.54, 1.807) is 18.2 Å². The maximum Gasteiger partial charge on any atom is 0.339 e. The van der Waals surface area contributed by atoms with E-state index in [-0.39, 0.29) is 19.1 Å². The molecule has 0 aliphatic rings. The highest BCUT2D eigenvalue weighted by atomic mass is 16.5. The normalized spacial score (nSPS) is 9.63. The van der Waals surface area contributed by atoms with Crippen LogP contribution < -0.4 is 0 Å². The van der Waals surface area contributed by atoms with Gasteiger partial charge in [0.05, 0.1) is 5.56 Å². The molecular formula is C16H13NO2. The first-order chi connectivity index (χ1) is 9.31. The topological polar surface area (TPSA) is 30.7 Å². The average Bonchev–Trinajstić information content (AvgIpc) is 2.47. The van der Waals surface area contributed by atoms with Crippen LogP contribution in [-0.4, -0.2) is 5.97 Å². The molecule has 0 saturated carbocycles. The quantitative estimate of drug-likeness (QED) is 0.615.